The van der Waals surface area contributed by atoms with Gasteiger partial charge in [0.15, 0.2) is 0 Å². The number of hydrogen-bond acceptors (Lipinski definition) is 6. The number of aromatic nitrogens is 2. The second-order valence-electron chi connectivity index (χ2n) is 8.04. The predicted molar refractivity (Wildman–Crippen MR) is 96.3 cm³/mol. The van der Waals surface area contributed by atoms with E-state index in [1.54, 1.807) is 10.7 Å². The second-order valence-corrected chi connectivity index (χ2v) is 8.04. The SMILES string of the molecule is O=c1cc2c(nn1CC1CCN(CC3(O)COCCOC3)CC1)CCC2. The average molecular weight is 363 g/mol. The summed E-state index contributed by atoms with van der Waals surface area (Å²) in [6.07, 6.45) is 5.14. The van der Waals surface area contributed by atoms with Crippen LogP contribution in [0.25, 0.3) is 0 Å². The van der Waals surface area contributed by atoms with E-state index >= 15 is 0 Å². The second kappa shape index (κ2) is 7.76. The molecule has 1 aromatic heterocycles. The minimum Gasteiger partial charge on any atom is -0.384 e. The number of ether oxygens (including phenoxy) is 2. The molecule has 0 unspecified atom stereocenters. The number of β-amino-alcohol motifs (C(OH)–C–C–N with tert-alkyl or cyclic N) is 1. The van der Waals surface area contributed by atoms with E-state index in [0.29, 0.717) is 45.4 Å². The van der Waals surface area contributed by atoms with E-state index in [-0.39, 0.29) is 5.56 Å². The van der Waals surface area contributed by atoms with Crippen LogP contribution in [0.2, 0.25) is 0 Å². The molecule has 144 valence electrons. The fraction of sp³-hybridized carbons (Fsp3) is 0.789. The number of aliphatic hydroxyl groups is 1. The van der Waals surface area contributed by atoms with Crippen molar-refractivity contribution in [3.63, 3.8) is 0 Å². The van der Waals surface area contributed by atoms with Gasteiger partial charge >= 0.3 is 0 Å². The summed E-state index contributed by atoms with van der Waals surface area (Å²) in [6, 6.07) is 1.78. The maximum atomic E-state index is 12.3. The number of rotatable bonds is 4. The van der Waals surface area contributed by atoms with Crippen molar-refractivity contribution < 1.29 is 14.6 Å². The Kier molecular flexibility index (Phi) is 5.40. The van der Waals surface area contributed by atoms with Crippen LogP contribution >= 0.6 is 0 Å². The largest absolute Gasteiger partial charge is 0.384 e. The van der Waals surface area contributed by atoms with Crippen molar-refractivity contribution in [3.05, 3.63) is 27.7 Å². The van der Waals surface area contributed by atoms with Crippen LogP contribution in [0.4, 0.5) is 0 Å². The third kappa shape index (κ3) is 4.17. The molecule has 7 nitrogen and oxygen atoms in total. The maximum absolute atomic E-state index is 12.3. The Labute approximate surface area is 153 Å². The molecular formula is C19H29N3O4. The molecule has 3 heterocycles. The van der Waals surface area contributed by atoms with Gasteiger partial charge in [-0.1, -0.05) is 0 Å². The highest BCUT2D eigenvalue weighted by molar-refractivity contribution is 5.22. The predicted octanol–water partition coefficient (Wildman–Crippen LogP) is 0.222. The molecule has 0 saturated carbocycles. The Morgan fingerprint density at radius 2 is 1.92 bits per heavy atom. The van der Waals surface area contributed by atoms with Gasteiger partial charge in [0.25, 0.3) is 5.56 Å². The highest BCUT2D eigenvalue weighted by atomic mass is 16.6. The van der Waals surface area contributed by atoms with Gasteiger partial charge in [0, 0.05) is 19.2 Å². The van der Waals surface area contributed by atoms with Crippen molar-refractivity contribution >= 4 is 0 Å². The third-order valence-electron chi connectivity index (χ3n) is 5.79. The summed E-state index contributed by atoms with van der Waals surface area (Å²) < 4.78 is 12.6. The third-order valence-corrected chi connectivity index (χ3v) is 5.79. The Bertz CT molecular complexity index is 674. The maximum Gasteiger partial charge on any atom is 0.267 e. The Hall–Kier alpha value is -1.28. The van der Waals surface area contributed by atoms with Crippen LogP contribution in [-0.2, 0) is 28.9 Å². The topological polar surface area (TPSA) is 76.8 Å². The first-order chi connectivity index (χ1) is 12.6. The molecule has 2 fully saturated rings. The summed E-state index contributed by atoms with van der Waals surface area (Å²) in [5.74, 6) is 0.465. The summed E-state index contributed by atoms with van der Waals surface area (Å²) in [6.45, 7) is 4.90. The first kappa shape index (κ1) is 18.1. The smallest absolute Gasteiger partial charge is 0.267 e. The zero-order valence-electron chi connectivity index (χ0n) is 15.4. The average Bonchev–Trinajstić information content (AvgIpc) is 2.96. The Morgan fingerprint density at radius 3 is 2.65 bits per heavy atom. The minimum absolute atomic E-state index is 0.0372. The van der Waals surface area contributed by atoms with Crippen LogP contribution in [-0.4, -0.2) is 71.4 Å². The molecule has 0 spiro atoms. The quantitative estimate of drug-likeness (QED) is 0.825. The minimum atomic E-state index is -0.915. The molecule has 0 atom stereocenters. The first-order valence-electron chi connectivity index (χ1n) is 9.81. The van der Waals surface area contributed by atoms with Gasteiger partial charge in [-0.3, -0.25) is 4.79 Å². The van der Waals surface area contributed by atoms with Crippen molar-refractivity contribution in [2.24, 2.45) is 5.92 Å². The van der Waals surface area contributed by atoms with Crippen molar-refractivity contribution in [1.29, 1.82) is 0 Å². The van der Waals surface area contributed by atoms with Gasteiger partial charge in [-0.25, -0.2) is 4.68 Å². The van der Waals surface area contributed by atoms with Crippen LogP contribution in [0.5, 0.6) is 0 Å². The number of likely N-dealkylation sites (tertiary alicyclic amines) is 1. The summed E-state index contributed by atoms with van der Waals surface area (Å²) in [7, 11) is 0. The number of piperidine rings is 1. The molecule has 0 aromatic carbocycles. The van der Waals surface area contributed by atoms with Crippen LogP contribution in [0.3, 0.4) is 0 Å². The van der Waals surface area contributed by atoms with Gasteiger partial charge in [-0.15, -0.1) is 0 Å². The van der Waals surface area contributed by atoms with E-state index in [9.17, 15) is 9.90 Å². The lowest BCUT2D eigenvalue weighted by molar-refractivity contribution is -0.0781. The fourth-order valence-electron chi connectivity index (χ4n) is 4.33. The zero-order chi connectivity index (χ0) is 18.0. The van der Waals surface area contributed by atoms with Crippen molar-refractivity contribution in [2.45, 2.75) is 44.2 Å². The molecule has 1 N–H and O–H groups in total. The fourth-order valence-corrected chi connectivity index (χ4v) is 4.33. The van der Waals surface area contributed by atoms with Gasteiger partial charge < -0.3 is 19.5 Å². The summed E-state index contributed by atoms with van der Waals surface area (Å²) in [5.41, 5.74) is 1.37. The monoisotopic (exact) mass is 363 g/mol. The molecule has 7 heteroatoms. The standard InChI is InChI=1S/C19H29N3O4/c23-18-10-16-2-1-3-17(16)20-22(18)11-15-4-6-21(7-5-15)12-19(24)13-25-8-9-26-14-19/h10,15,24H,1-9,11-14H2. The molecule has 0 bridgehead atoms. The van der Waals surface area contributed by atoms with E-state index in [1.807, 2.05) is 0 Å². The van der Waals surface area contributed by atoms with E-state index in [1.165, 1.54) is 0 Å². The molecule has 2 saturated heterocycles. The van der Waals surface area contributed by atoms with Crippen molar-refractivity contribution in [1.82, 2.24) is 14.7 Å². The molecule has 0 radical (unpaired) electrons. The molecule has 26 heavy (non-hydrogen) atoms. The van der Waals surface area contributed by atoms with E-state index in [2.05, 4.69) is 10.00 Å². The first-order valence-corrected chi connectivity index (χ1v) is 9.81. The van der Waals surface area contributed by atoms with Gasteiger partial charge in [0.1, 0.15) is 5.60 Å². The van der Waals surface area contributed by atoms with Gasteiger partial charge in [-0.2, -0.15) is 5.10 Å². The Balaban J connectivity index is 1.31. The van der Waals surface area contributed by atoms with Crippen LogP contribution in [0, 0.1) is 5.92 Å². The van der Waals surface area contributed by atoms with E-state index in [0.717, 1.165) is 56.5 Å². The highest BCUT2D eigenvalue weighted by Gasteiger charge is 2.33. The molecule has 1 aromatic rings. The lowest BCUT2D eigenvalue weighted by Crippen LogP contribution is -2.51. The van der Waals surface area contributed by atoms with Gasteiger partial charge in [-0.05, 0) is 56.7 Å². The van der Waals surface area contributed by atoms with Gasteiger partial charge in [0.05, 0.1) is 32.1 Å². The molecule has 1 aliphatic carbocycles. The van der Waals surface area contributed by atoms with Crippen molar-refractivity contribution in [2.75, 3.05) is 46.1 Å². The normalized spacial score (nSPS) is 24.3. The number of hydrogen-bond donors (Lipinski definition) is 1. The van der Waals surface area contributed by atoms with Crippen LogP contribution in [0.15, 0.2) is 10.9 Å². The summed E-state index contributed by atoms with van der Waals surface area (Å²) >= 11 is 0. The lowest BCUT2D eigenvalue weighted by atomic mass is 9.95. The molecule has 4 rings (SSSR count). The number of nitrogens with zero attached hydrogens (tertiary/aromatic N) is 3. The van der Waals surface area contributed by atoms with Crippen LogP contribution < -0.4 is 5.56 Å². The van der Waals surface area contributed by atoms with E-state index in [4.69, 9.17) is 9.47 Å². The molecule has 0 amide bonds. The lowest BCUT2D eigenvalue weighted by Gasteiger charge is -2.37. The molecule has 3 aliphatic rings. The number of fused-ring (bicyclic) bond motifs is 1. The summed E-state index contributed by atoms with van der Waals surface area (Å²) in [4.78, 5) is 14.6. The zero-order valence-corrected chi connectivity index (χ0v) is 15.4. The molecule has 2 aliphatic heterocycles. The van der Waals surface area contributed by atoms with E-state index < -0.39 is 5.60 Å². The Morgan fingerprint density at radius 1 is 1.19 bits per heavy atom. The van der Waals surface area contributed by atoms with Crippen molar-refractivity contribution in [3.8, 4) is 0 Å². The van der Waals surface area contributed by atoms with Crippen LogP contribution in [0.1, 0.15) is 30.5 Å². The number of aryl methyl sites for hydroxylation is 2. The summed E-state index contributed by atoms with van der Waals surface area (Å²) in [5, 5.41) is 15.3. The highest BCUT2D eigenvalue weighted by Crippen LogP contribution is 2.22. The van der Waals surface area contributed by atoms with Gasteiger partial charge in [0.2, 0.25) is 0 Å². The molecular weight excluding hydrogens is 334 g/mol.